The van der Waals surface area contributed by atoms with Crippen LogP contribution in [0.5, 0.6) is 5.75 Å². The number of nitrogens with one attached hydrogen (secondary N) is 1. The van der Waals surface area contributed by atoms with E-state index in [4.69, 9.17) is 15.2 Å². The van der Waals surface area contributed by atoms with Gasteiger partial charge >= 0.3 is 5.97 Å². The number of hydrogen-bond donors (Lipinski definition) is 2. The molecule has 0 saturated heterocycles. The SMILES string of the molecule is COC(=O)c1ccc(CN=C(N)NC2CCCCCC2)cc1OC.I. The van der Waals surface area contributed by atoms with E-state index in [-0.39, 0.29) is 24.0 Å². The molecule has 0 radical (unpaired) electrons. The van der Waals surface area contributed by atoms with Crippen molar-refractivity contribution < 1.29 is 14.3 Å². The zero-order valence-corrected chi connectivity index (χ0v) is 17.2. The zero-order chi connectivity index (χ0) is 17.4. The summed E-state index contributed by atoms with van der Waals surface area (Å²) < 4.78 is 9.99. The minimum Gasteiger partial charge on any atom is -0.496 e. The molecule has 1 fully saturated rings. The van der Waals surface area contributed by atoms with Crippen molar-refractivity contribution in [3.63, 3.8) is 0 Å². The maximum absolute atomic E-state index is 11.7. The number of guanidine groups is 1. The number of rotatable bonds is 5. The first-order valence-electron chi connectivity index (χ1n) is 8.45. The Labute approximate surface area is 166 Å². The molecule has 1 aromatic rings. The van der Waals surface area contributed by atoms with Crippen molar-refractivity contribution in [3.05, 3.63) is 29.3 Å². The normalized spacial score (nSPS) is 15.7. The van der Waals surface area contributed by atoms with E-state index in [0.29, 0.717) is 29.9 Å². The van der Waals surface area contributed by atoms with E-state index >= 15 is 0 Å². The van der Waals surface area contributed by atoms with Crippen LogP contribution in [0.25, 0.3) is 0 Å². The van der Waals surface area contributed by atoms with Crippen LogP contribution in [0, 0.1) is 0 Å². The summed E-state index contributed by atoms with van der Waals surface area (Å²) in [6.07, 6.45) is 7.41. The van der Waals surface area contributed by atoms with Crippen LogP contribution < -0.4 is 15.8 Å². The summed E-state index contributed by atoms with van der Waals surface area (Å²) in [6.45, 7) is 0.434. The molecule has 3 N–H and O–H groups in total. The van der Waals surface area contributed by atoms with Crippen LogP contribution >= 0.6 is 24.0 Å². The van der Waals surface area contributed by atoms with Gasteiger partial charge < -0.3 is 20.5 Å². The Morgan fingerprint density at radius 2 is 1.92 bits per heavy atom. The second-order valence-electron chi connectivity index (χ2n) is 6.06. The molecule has 1 aromatic carbocycles. The van der Waals surface area contributed by atoms with Crippen LogP contribution in [0.4, 0.5) is 0 Å². The first-order valence-corrected chi connectivity index (χ1v) is 8.45. The molecule has 25 heavy (non-hydrogen) atoms. The maximum atomic E-state index is 11.7. The summed E-state index contributed by atoms with van der Waals surface area (Å²) in [4.78, 5) is 16.1. The summed E-state index contributed by atoms with van der Waals surface area (Å²) in [6, 6.07) is 5.73. The van der Waals surface area contributed by atoms with Crippen LogP contribution in [-0.2, 0) is 11.3 Å². The van der Waals surface area contributed by atoms with Gasteiger partial charge in [0.2, 0.25) is 0 Å². The van der Waals surface area contributed by atoms with E-state index < -0.39 is 5.97 Å². The minimum atomic E-state index is -0.420. The molecule has 7 heteroatoms. The summed E-state index contributed by atoms with van der Waals surface area (Å²) in [7, 11) is 2.87. The Morgan fingerprint density at radius 3 is 2.52 bits per heavy atom. The van der Waals surface area contributed by atoms with E-state index in [0.717, 1.165) is 18.4 Å². The lowest BCUT2D eigenvalue weighted by atomic mass is 10.1. The molecular weight excluding hydrogens is 433 g/mol. The highest BCUT2D eigenvalue weighted by Gasteiger charge is 2.14. The quantitative estimate of drug-likeness (QED) is 0.231. The molecule has 1 aliphatic rings. The number of ether oxygens (including phenoxy) is 2. The van der Waals surface area contributed by atoms with Crippen LogP contribution in [0.1, 0.15) is 54.4 Å². The van der Waals surface area contributed by atoms with Gasteiger partial charge in [-0.2, -0.15) is 0 Å². The Kier molecular flexibility index (Phi) is 9.62. The molecule has 140 valence electrons. The fraction of sp³-hybridized carbons (Fsp3) is 0.556. The average molecular weight is 461 g/mol. The summed E-state index contributed by atoms with van der Waals surface area (Å²) >= 11 is 0. The number of carbonyl (C=O) groups is 1. The molecule has 0 spiro atoms. The van der Waals surface area contributed by atoms with Gasteiger partial charge in [-0.25, -0.2) is 9.79 Å². The van der Waals surface area contributed by atoms with E-state index in [2.05, 4.69) is 10.3 Å². The minimum absolute atomic E-state index is 0. The van der Waals surface area contributed by atoms with Crippen molar-refractivity contribution in [3.8, 4) is 5.75 Å². The molecule has 1 aliphatic carbocycles. The molecule has 0 heterocycles. The van der Waals surface area contributed by atoms with Crippen LogP contribution in [0.15, 0.2) is 23.2 Å². The highest BCUT2D eigenvalue weighted by molar-refractivity contribution is 14.0. The Morgan fingerprint density at radius 1 is 1.24 bits per heavy atom. The third-order valence-electron chi connectivity index (χ3n) is 4.31. The third-order valence-corrected chi connectivity index (χ3v) is 4.31. The lowest BCUT2D eigenvalue weighted by Gasteiger charge is -2.16. The average Bonchev–Trinajstić information content (AvgIpc) is 2.87. The lowest BCUT2D eigenvalue weighted by molar-refractivity contribution is 0.0597. The molecule has 0 aliphatic heterocycles. The fourth-order valence-electron chi connectivity index (χ4n) is 2.97. The lowest BCUT2D eigenvalue weighted by Crippen LogP contribution is -2.39. The number of halogens is 1. The number of methoxy groups -OCH3 is 2. The van der Waals surface area contributed by atoms with Crippen LogP contribution in [0.3, 0.4) is 0 Å². The van der Waals surface area contributed by atoms with Crippen LogP contribution in [-0.4, -0.2) is 32.2 Å². The number of hydrogen-bond acceptors (Lipinski definition) is 4. The van der Waals surface area contributed by atoms with Gasteiger partial charge in [-0.1, -0.05) is 31.7 Å². The molecule has 6 nitrogen and oxygen atoms in total. The van der Waals surface area contributed by atoms with Gasteiger partial charge in [0, 0.05) is 6.04 Å². The smallest absolute Gasteiger partial charge is 0.341 e. The predicted molar refractivity (Wildman–Crippen MR) is 110 cm³/mol. The Balaban J connectivity index is 0.00000312. The van der Waals surface area contributed by atoms with Crippen molar-refractivity contribution in [2.45, 2.75) is 51.1 Å². The van der Waals surface area contributed by atoms with Gasteiger partial charge in [0.05, 0.1) is 20.8 Å². The number of benzene rings is 1. The summed E-state index contributed by atoms with van der Waals surface area (Å²) in [5.41, 5.74) is 7.33. The molecule has 0 amide bonds. The molecule has 0 bridgehead atoms. The number of aliphatic imine (C=N–C) groups is 1. The standard InChI is InChI=1S/C18H27N3O3.HI/c1-23-16-11-13(9-10-15(16)17(22)24-2)12-20-18(19)21-14-7-5-3-4-6-8-14;/h9-11,14H,3-8,12H2,1-2H3,(H3,19,20,21);1H. The van der Waals surface area contributed by atoms with Crippen molar-refractivity contribution in [1.82, 2.24) is 5.32 Å². The van der Waals surface area contributed by atoms with Crippen molar-refractivity contribution in [2.75, 3.05) is 14.2 Å². The van der Waals surface area contributed by atoms with E-state index in [9.17, 15) is 4.79 Å². The molecule has 2 rings (SSSR count). The Hall–Kier alpha value is -1.51. The van der Waals surface area contributed by atoms with E-state index in [1.54, 1.807) is 12.1 Å². The van der Waals surface area contributed by atoms with E-state index in [1.807, 2.05) is 6.07 Å². The first-order chi connectivity index (χ1) is 11.6. The topological polar surface area (TPSA) is 85.9 Å². The van der Waals surface area contributed by atoms with Crippen molar-refractivity contribution in [2.24, 2.45) is 10.7 Å². The fourth-order valence-corrected chi connectivity index (χ4v) is 2.97. The van der Waals surface area contributed by atoms with Crippen LogP contribution in [0.2, 0.25) is 0 Å². The molecule has 0 atom stereocenters. The largest absolute Gasteiger partial charge is 0.496 e. The zero-order valence-electron chi connectivity index (χ0n) is 14.9. The van der Waals surface area contributed by atoms with Gasteiger partial charge in [0.25, 0.3) is 0 Å². The highest BCUT2D eigenvalue weighted by atomic mass is 127. The number of nitrogens with two attached hydrogens (primary N) is 1. The second kappa shape index (κ2) is 11.2. The molecule has 1 saturated carbocycles. The molecular formula is C18H28IN3O3. The monoisotopic (exact) mass is 461 g/mol. The van der Waals surface area contributed by atoms with Gasteiger partial charge in [0.15, 0.2) is 5.96 Å². The van der Waals surface area contributed by atoms with Gasteiger partial charge in [-0.05, 0) is 30.5 Å². The predicted octanol–water partition coefficient (Wildman–Crippen LogP) is 3.23. The third kappa shape index (κ3) is 6.72. The van der Waals surface area contributed by atoms with Crippen molar-refractivity contribution in [1.29, 1.82) is 0 Å². The number of carbonyl (C=O) groups excluding carboxylic acids is 1. The molecule has 0 unspecified atom stereocenters. The first kappa shape index (κ1) is 21.5. The highest BCUT2D eigenvalue weighted by Crippen LogP contribution is 2.21. The molecule has 0 aromatic heterocycles. The number of esters is 1. The number of nitrogens with zero attached hydrogens (tertiary/aromatic N) is 1. The van der Waals surface area contributed by atoms with E-state index in [1.165, 1.54) is 39.9 Å². The van der Waals surface area contributed by atoms with Crippen molar-refractivity contribution >= 4 is 35.9 Å². The Bertz CT molecular complexity index is 585. The summed E-state index contributed by atoms with van der Waals surface area (Å²) in [5.74, 6) is 0.527. The summed E-state index contributed by atoms with van der Waals surface area (Å²) in [5, 5.41) is 3.32. The second-order valence-corrected chi connectivity index (χ2v) is 6.06. The van der Waals surface area contributed by atoms with Gasteiger partial charge in [0.1, 0.15) is 11.3 Å². The van der Waals surface area contributed by atoms with Gasteiger partial charge in [-0.15, -0.1) is 24.0 Å². The maximum Gasteiger partial charge on any atom is 0.341 e. The van der Waals surface area contributed by atoms with Gasteiger partial charge in [-0.3, -0.25) is 0 Å².